The van der Waals surface area contributed by atoms with Crippen molar-refractivity contribution in [1.82, 2.24) is 0 Å². The number of nitrogens with one attached hydrogen (secondary N) is 2. The average molecular weight is 420 g/mol. The molecule has 3 aromatic carbocycles. The van der Waals surface area contributed by atoms with E-state index in [0.29, 0.717) is 39.8 Å². The van der Waals surface area contributed by atoms with Crippen LogP contribution in [0.25, 0.3) is 0 Å². The number of hydrogen-bond donors (Lipinski definition) is 2. The first-order valence-corrected chi connectivity index (χ1v) is 9.55. The van der Waals surface area contributed by atoms with E-state index in [-0.39, 0.29) is 11.8 Å². The molecule has 0 fully saturated rings. The Hall–Kier alpha value is -4.00. The number of ether oxygens (including phenoxy) is 3. The van der Waals surface area contributed by atoms with Gasteiger partial charge in [-0.05, 0) is 55.0 Å². The van der Waals surface area contributed by atoms with Crippen LogP contribution < -0.4 is 24.8 Å². The second-order valence-electron chi connectivity index (χ2n) is 6.71. The largest absolute Gasteiger partial charge is 0.493 e. The van der Waals surface area contributed by atoms with Crippen LogP contribution in [0.4, 0.5) is 11.4 Å². The molecule has 160 valence electrons. The van der Waals surface area contributed by atoms with Crippen LogP contribution in [0.3, 0.4) is 0 Å². The molecular formula is C24H24N2O5. The summed E-state index contributed by atoms with van der Waals surface area (Å²) in [4.78, 5) is 25.1. The zero-order chi connectivity index (χ0) is 22.4. The Bertz CT molecular complexity index is 1070. The van der Waals surface area contributed by atoms with Crippen molar-refractivity contribution >= 4 is 23.2 Å². The number of hydrogen-bond acceptors (Lipinski definition) is 5. The molecule has 3 rings (SSSR count). The van der Waals surface area contributed by atoms with Crippen LogP contribution in [-0.2, 0) is 0 Å². The lowest BCUT2D eigenvalue weighted by Crippen LogP contribution is -2.14. The summed E-state index contributed by atoms with van der Waals surface area (Å²) in [7, 11) is 4.48. The Morgan fingerprint density at radius 1 is 0.710 bits per heavy atom. The van der Waals surface area contributed by atoms with Gasteiger partial charge in [-0.25, -0.2) is 0 Å². The third-order valence-electron chi connectivity index (χ3n) is 4.72. The predicted molar refractivity (Wildman–Crippen MR) is 120 cm³/mol. The van der Waals surface area contributed by atoms with Gasteiger partial charge in [-0.15, -0.1) is 0 Å². The fourth-order valence-corrected chi connectivity index (χ4v) is 3.08. The molecule has 0 spiro atoms. The first-order valence-electron chi connectivity index (χ1n) is 9.55. The van der Waals surface area contributed by atoms with Gasteiger partial charge in [0.05, 0.1) is 21.3 Å². The minimum absolute atomic E-state index is 0.188. The molecule has 7 heteroatoms. The van der Waals surface area contributed by atoms with Gasteiger partial charge in [0.25, 0.3) is 11.8 Å². The lowest BCUT2D eigenvalue weighted by atomic mass is 10.1. The fourth-order valence-electron chi connectivity index (χ4n) is 3.08. The number of methoxy groups -OCH3 is 3. The average Bonchev–Trinajstić information content (AvgIpc) is 2.79. The minimum atomic E-state index is -0.337. The number of anilines is 2. The normalized spacial score (nSPS) is 10.2. The van der Waals surface area contributed by atoms with Gasteiger partial charge >= 0.3 is 0 Å². The first-order chi connectivity index (χ1) is 15.0. The van der Waals surface area contributed by atoms with Crippen molar-refractivity contribution in [2.75, 3.05) is 32.0 Å². The fraction of sp³-hybridized carbons (Fsp3) is 0.167. The topological polar surface area (TPSA) is 85.9 Å². The second kappa shape index (κ2) is 9.67. The lowest BCUT2D eigenvalue weighted by molar-refractivity contribution is 0.101. The van der Waals surface area contributed by atoms with Gasteiger partial charge in [-0.2, -0.15) is 0 Å². The maximum absolute atomic E-state index is 12.7. The predicted octanol–water partition coefficient (Wildman–Crippen LogP) is 4.53. The van der Waals surface area contributed by atoms with E-state index >= 15 is 0 Å². The monoisotopic (exact) mass is 420 g/mol. The number of carbonyl (C=O) groups is 2. The van der Waals surface area contributed by atoms with E-state index < -0.39 is 0 Å². The van der Waals surface area contributed by atoms with Crippen LogP contribution in [-0.4, -0.2) is 33.1 Å². The second-order valence-corrected chi connectivity index (χ2v) is 6.71. The van der Waals surface area contributed by atoms with E-state index in [9.17, 15) is 9.59 Å². The molecule has 31 heavy (non-hydrogen) atoms. The van der Waals surface area contributed by atoms with Crippen LogP contribution in [0.2, 0.25) is 0 Å². The molecule has 0 unspecified atom stereocenters. The van der Waals surface area contributed by atoms with Crippen molar-refractivity contribution in [1.29, 1.82) is 0 Å². The minimum Gasteiger partial charge on any atom is -0.493 e. The van der Waals surface area contributed by atoms with Gasteiger partial charge < -0.3 is 24.8 Å². The highest BCUT2D eigenvalue weighted by molar-refractivity contribution is 6.06. The molecule has 0 bridgehead atoms. The van der Waals surface area contributed by atoms with Crippen molar-refractivity contribution < 1.29 is 23.8 Å². The van der Waals surface area contributed by atoms with Crippen molar-refractivity contribution in [2.24, 2.45) is 0 Å². The number of benzene rings is 3. The molecule has 0 radical (unpaired) electrons. The van der Waals surface area contributed by atoms with E-state index in [4.69, 9.17) is 14.2 Å². The van der Waals surface area contributed by atoms with Gasteiger partial charge in [0.2, 0.25) is 5.75 Å². The molecular weight excluding hydrogens is 396 g/mol. The van der Waals surface area contributed by atoms with Gasteiger partial charge in [0.15, 0.2) is 11.5 Å². The highest BCUT2D eigenvalue weighted by Crippen LogP contribution is 2.38. The van der Waals surface area contributed by atoms with Crippen LogP contribution in [0.5, 0.6) is 17.2 Å². The highest BCUT2D eigenvalue weighted by Gasteiger charge is 2.17. The standard InChI is InChI=1S/C24H24N2O5/c1-15-7-5-6-8-19(15)24(28)26-18-11-9-17(10-12-18)25-23(27)16-13-20(29-2)22(31-4)21(14-16)30-3/h5-14H,1-4H3,(H,25,27)(H,26,28). The van der Waals surface area contributed by atoms with E-state index in [0.717, 1.165) is 5.56 Å². The smallest absolute Gasteiger partial charge is 0.255 e. The molecule has 0 aromatic heterocycles. The van der Waals surface area contributed by atoms with Crippen LogP contribution >= 0.6 is 0 Å². The maximum Gasteiger partial charge on any atom is 0.255 e. The van der Waals surface area contributed by atoms with Gasteiger partial charge in [0.1, 0.15) is 0 Å². The molecule has 0 aliphatic rings. The summed E-state index contributed by atoms with van der Waals surface area (Å²) in [6, 6.07) is 17.4. The number of aryl methyl sites for hydroxylation is 1. The Morgan fingerprint density at radius 3 is 1.71 bits per heavy atom. The Kier molecular flexibility index (Phi) is 6.77. The van der Waals surface area contributed by atoms with Crippen molar-refractivity contribution in [3.05, 3.63) is 77.4 Å². The van der Waals surface area contributed by atoms with Gasteiger partial charge in [-0.3, -0.25) is 9.59 Å². The van der Waals surface area contributed by atoms with Crippen LogP contribution in [0, 0.1) is 6.92 Å². The quantitative estimate of drug-likeness (QED) is 0.587. The Balaban J connectivity index is 1.72. The molecule has 2 N–H and O–H groups in total. The van der Waals surface area contributed by atoms with Crippen LogP contribution in [0.15, 0.2) is 60.7 Å². The SMILES string of the molecule is COc1cc(C(=O)Nc2ccc(NC(=O)c3ccccc3C)cc2)cc(OC)c1OC. The summed E-state index contributed by atoms with van der Waals surface area (Å²) in [5.41, 5.74) is 3.06. The number of carbonyl (C=O) groups excluding carboxylic acids is 2. The Labute approximate surface area is 180 Å². The molecule has 0 saturated carbocycles. The van der Waals surface area contributed by atoms with E-state index in [1.54, 1.807) is 42.5 Å². The van der Waals surface area contributed by atoms with E-state index in [2.05, 4.69) is 10.6 Å². The summed E-state index contributed by atoms with van der Waals surface area (Å²) in [5, 5.41) is 5.67. The van der Waals surface area contributed by atoms with Crippen molar-refractivity contribution in [3.8, 4) is 17.2 Å². The molecule has 0 saturated heterocycles. The number of rotatable bonds is 7. The molecule has 0 atom stereocenters. The third-order valence-corrected chi connectivity index (χ3v) is 4.72. The zero-order valence-corrected chi connectivity index (χ0v) is 17.8. The van der Waals surface area contributed by atoms with Crippen molar-refractivity contribution in [3.63, 3.8) is 0 Å². The van der Waals surface area contributed by atoms with E-state index in [1.165, 1.54) is 21.3 Å². The lowest BCUT2D eigenvalue weighted by Gasteiger charge is -2.14. The Morgan fingerprint density at radius 2 is 1.23 bits per heavy atom. The summed E-state index contributed by atoms with van der Waals surface area (Å²) in [6.07, 6.45) is 0. The van der Waals surface area contributed by atoms with Crippen molar-refractivity contribution in [2.45, 2.75) is 6.92 Å². The highest BCUT2D eigenvalue weighted by atomic mass is 16.5. The summed E-state index contributed by atoms with van der Waals surface area (Å²) >= 11 is 0. The van der Waals surface area contributed by atoms with Gasteiger partial charge in [-0.1, -0.05) is 18.2 Å². The molecule has 2 amide bonds. The van der Waals surface area contributed by atoms with Gasteiger partial charge in [0, 0.05) is 22.5 Å². The van der Waals surface area contributed by atoms with Crippen LogP contribution in [0.1, 0.15) is 26.3 Å². The summed E-state index contributed by atoms with van der Waals surface area (Å²) < 4.78 is 15.9. The molecule has 3 aromatic rings. The third kappa shape index (κ3) is 4.95. The first kappa shape index (κ1) is 21.7. The maximum atomic E-state index is 12.7. The molecule has 7 nitrogen and oxygen atoms in total. The number of amides is 2. The summed E-state index contributed by atoms with van der Waals surface area (Å²) in [5.74, 6) is 0.668. The zero-order valence-electron chi connectivity index (χ0n) is 17.8. The molecule has 0 aliphatic heterocycles. The summed E-state index contributed by atoms with van der Waals surface area (Å²) in [6.45, 7) is 1.89. The van der Waals surface area contributed by atoms with E-state index in [1.807, 2.05) is 25.1 Å². The molecule has 0 aliphatic carbocycles. The molecule has 0 heterocycles.